The fourth-order valence-corrected chi connectivity index (χ4v) is 2.60. The molecule has 0 spiro atoms. The molecule has 1 atom stereocenters. The molecule has 1 rings (SSSR count). The normalized spacial score (nSPS) is 29.4. The Hall–Kier alpha value is -1.09. The summed E-state index contributed by atoms with van der Waals surface area (Å²) in [5.74, 6) is 0.794. The van der Waals surface area contributed by atoms with Gasteiger partial charge >= 0.3 is 0 Å². The molecule has 19 heavy (non-hydrogen) atoms. The van der Waals surface area contributed by atoms with E-state index in [9.17, 15) is 9.90 Å². The minimum Gasteiger partial charge on any atom is -0.385 e. The van der Waals surface area contributed by atoms with Gasteiger partial charge in [-0.05, 0) is 50.0 Å². The molecule has 0 aromatic heterocycles. The number of hydrogen-bond acceptors (Lipinski definition) is 2. The molecule has 1 unspecified atom stereocenters. The third kappa shape index (κ3) is 4.83. The van der Waals surface area contributed by atoms with E-state index in [-0.39, 0.29) is 5.54 Å². The van der Waals surface area contributed by atoms with Crippen LogP contribution in [0.25, 0.3) is 0 Å². The summed E-state index contributed by atoms with van der Waals surface area (Å²) >= 11 is 0. The van der Waals surface area contributed by atoms with E-state index in [2.05, 4.69) is 32.7 Å². The molecular weight excluding hydrogens is 238 g/mol. The number of hydrogen-bond donors (Lipinski definition) is 2. The number of allylic oxidation sites excluding steroid dienone is 1. The standard InChI is InChI=1S/C16H27NO2/c1-12(2)5-6-15(19)13(3)14-7-9-16(4,10-8-14)17-11-18/h5-6,11-12,14-15,19H,3,7-10H2,1-2,4H3,(H,17,18)/b6-5+. The van der Waals surface area contributed by atoms with E-state index in [0.29, 0.717) is 11.8 Å². The lowest BCUT2D eigenvalue weighted by Crippen LogP contribution is -2.44. The van der Waals surface area contributed by atoms with Crippen molar-refractivity contribution in [2.75, 3.05) is 0 Å². The topological polar surface area (TPSA) is 49.3 Å². The molecule has 3 nitrogen and oxygen atoms in total. The highest BCUT2D eigenvalue weighted by molar-refractivity contribution is 5.47. The van der Waals surface area contributed by atoms with Crippen molar-refractivity contribution >= 4 is 6.41 Å². The number of aliphatic hydroxyl groups is 1. The summed E-state index contributed by atoms with van der Waals surface area (Å²) in [5, 5.41) is 13.0. The van der Waals surface area contributed by atoms with Crippen LogP contribution in [0.1, 0.15) is 46.5 Å². The van der Waals surface area contributed by atoms with Gasteiger partial charge in [0.05, 0.1) is 6.10 Å². The van der Waals surface area contributed by atoms with Gasteiger partial charge in [-0.1, -0.05) is 32.6 Å². The highest BCUT2D eigenvalue weighted by atomic mass is 16.3. The summed E-state index contributed by atoms with van der Waals surface area (Å²) in [6, 6.07) is 0. The fourth-order valence-electron chi connectivity index (χ4n) is 2.60. The Kier molecular flexibility index (Phi) is 5.80. The Morgan fingerprint density at radius 1 is 1.37 bits per heavy atom. The van der Waals surface area contributed by atoms with Gasteiger partial charge in [-0.2, -0.15) is 0 Å². The molecule has 108 valence electrons. The Bertz CT molecular complexity index is 339. The van der Waals surface area contributed by atoms with Gasteiger partial charge in [0, 0.05) is 5.54 Å². The van der Waals surface area contributed by atoms with E-state index in [4.69, 9.17) is 0 Å². The van der Waals surface area contributed by atoms with Crippen LogP contribution >= 0.6 is 0 Å². The minimum atomic E-state index is -0.546. The summed E-state index contributed by atoms with van der Waals surface area (Å²) in [6.07, 6.45) is 7.92. The number of carbonyl (C=O) groups is 1. The summed E-state index contributed by atoms with van der Waals surface area (Å²) in [6.45, 7) is 10.3. The number of carbonyl (C=O) groups excluding carboxylic acids is 1. The molecule has 3 heteroatoms. The van der Waals surface area contributed by atoms with Crippen LogP contribution in [-0.4, -0.2) is 23.2 Å². The maximum absolute atomic E-state index is 10.6. The fraction of sp³-hybridized carbons (Fsp3) is 0.688. The first kappa shape index (κ1) is 16.0. The molecule has 1 aliphatic carbocycles. The summed E-state index contributed by atoms with van der Waals surface area (Å²) in [5.41, 5.74) is 0.821. The van der Waals surface area contributed by atoms with Crippen molar-refractivity contribution in [3.8, 4) is 0 Å². The quantitative estimate of drug-likeness (QED) is 0.573. The molecule has 0 bridgehead atoms. The van der Waals surface area contributed by atoms with Gasteiger partial charge in [0.2, 0.25) is 6.41 Å². The maximum Gasteiger partial charge on any atom is 0.207 e. The van der Waals surface area contributed by atoms with Gasteiger partial charge in [0.1, 0.15) is 0 Å². The summed E-state index contributed by atoms with van der Waals surface area (Å²) in [4.78, 5) is 10.6. The van der Waals surface area contributed by atoms with Crippen molar-refractivity contribution in [2.45, 2.75) is 58.1 Å². The molecule has 1 amide bonds. The van der Waals surface area contributed by atoms with Crippen molar-refractivity contribution < 1.29 is 9.90 Å². The van der Waals surface area contributed by atoms with E-state index in [0.717, 1.165) is 37.7 Å². The molecule has 0 saturated heterocycles. The van der Waals surface area contributed by atoms with E-state index in [1.807, 2.05) is 12.2 Å². The zero-order valence-electron chi connectivity index (χ0n) is 12.4. The lowest BCUT2D eigenvalue weighted by Gasteiger charge is -2.38. The van der Waals surface area contributed by atoms with Gasteiger partial charge in [0.25, 0.3) is 0 Å². The Morgan fingerprint density at radius 2 is 1.95 bits per heavy atom. The van der Waals surface area contributed by atoms with Crippen LogP contribution in [0.5, 0.6) is 0 Å². The third-order valence-electron chi connectivity index (χ3n) is 4.08. The number of nitrogens with one attached hydrogen (secondary N) is 1. The molecule has 0 aromatic rings. The van der Waals surface area contributed by atoms with Crippen molar-refractivity contribution in [2.24, 2.45) is 11.8 Å². The highest BCUT2D eigenvalue weighted by Gasteiger charge is 2.32. The number of amides is 1. The lowest BCUT2D eigenvalue weighted by molar-refractivity contribution is -0.111. The molecule has 1 aliphatic rings. The molecule has 0 aliphatic heterocycles. The molecule has 1 fully saturated rings. The van der Waals surface area contributed by atoms with E-state index in [1.54, 1.807) is 0 Å². The molecule has 1 saturated carbocycles. The van der Waals surface area contributed by atoms with Crippen LogP contribution < -0.4 is 5.32 Å². The average Bonchev–Trinajstić information content (AvgIpc) is 2.36. The predicted molar refractivity (Wildman–Crippen MR) is 78.7 cm³/mol. The minimum absolute atomic E-state index is 0.0861. The van der Waals surface area contributed by atoms with Crippen molar-refractivity contribution in [1.82, 2.24) is 5.32 Å². The van der Waals surface area contributed by atoms with Gasteiger partial charge in [-0.25, -0.2) is 0 Å². The van der Waals surface area contributed by atoms with Crippen LogP contribution in [0.2, 0.25) is 0 Å². The van der Waals surface area contributed by atoms with Crippen molar-refractivity contribution in [1.29, 1.82) is 0 Å². The zero-order chi connectivity index (χ0) is 14.5. The monoisotopic (exact) mass is 265 g/mol. The smallest absolute Gasteiger partial charge is 0.207 e. The van der Waals surface area contributed by atoms with Gasteiger partial charge in [0.15, 0.2) is 0 Å². The van der Waals surface area contributed by atoms with Crippen molar-refractivity contribution in [3.63, 3.8) is 0 Å². The van der Waals surface area contributed by atoms with Gasteiger partial charge in [-0.15, -0.1) is 0 Å². The average molecular weight is 265 g/mol. The van der Waals surface area contributed by atoms with Crippen LogP contribution in [0.3, 0.4) is 0 Å². The second-order valence-corrected chi connectivity index (χ2v) is 6.25. The second-order valence-electron chi connectivity index (χ2n) is 6.25. The molecule has 2 N–H and O–H groups in total. The molecule has 0 heterocycles. The van der Waals surface area contributed by atoms with Crippen LogP contribution in [0, 0.1) is 11.8 Å². The maximum atomic E-state index is 10.6. The van der Waals surface area contributed by atoms with Gasteiger partial charge in [-0.3, -0.25) is 4.79 Å². The highest BCUT2D eigenvalue weighted by Crippen LogP contribution is 2.36. The van der Waals surface area contributed by atoms with Crippen LogP contribution in [0.15, 0.2) is 24.3 Å². The van der Waals surface area contributed by atoms with Crippen LogP contribution in [-0.2, 0) is 4.79 Å². The van der Waals surface area contributed by atoms with Gasteiger partial charge < -0.3 is 10.4 Å². The first-order valence-corrected chi connectivity index (χ1v) is 7.14. The third-order valence-corrected chi connectivity index (χ3v) is 4.08. The van der Waals surface area contributed by atoms with Crippen LogP contribution in [0.4, 0.5) is 0 Å². The Balaban J connectivity index is 2.51. The first-order chi connectivity index (χ1) is 8.88. The summed E-state index contributed by atoms with van der Waals surface area (Å²) < 4.78 is 0. The summed E-state index contributed by atoms with van der Waals surface area (Å²) in [7, 11) is 0. The Labute approximate surface area is 116 Å². The first-order valence-electron chi connectivity index (χ1n) is 7.14. The molecular formula is C16H27NO2. The second kappa shape index (κ2) is 6.90. The van der Waals surface area contributed by atoms with E-state index < -0.39 is 6.10 Å². The number of rotatable bonds is 6. The number of aliphatic hydroxyl groups excluding tert-OH is 1. The largest absolute Gasteiger partial charge is 0.385 e. The SMILES string of the molecule is C=C(C(O)/C=C/C(C)C)C1CCC(C)(NC=O)CC1. The van der Waals surface area contributed by atoms with E-state index in [1.165, 1.54) is 0 Å². The zero-order valence-corrected chi connectivity index (χ0v) is 12.4. The molecule has 0 radical (unpaired) electrons. The van der Waals surface area contributed by atoms with E-state index >= 15 is 0 Å². The predicted octanol–water partition coefficient (Wildman–Crippen LogP) is 2.81. The molecule has 0 aromatic carbocycles. The Morgan fingerprint density at radius 3 is 2.42 bits per heavy atom. The van der Waals surface area contributed by atoms with Crippen molar-refractivity contribution in [3.05, 3.63) is 24.3 Å². The lowest BCUT2D eigenvalue weighted by atomic mass is 9.74.